The zero-order chi connectivity index (χ0) is 12.7. The van der Waals surface area contributed by atoms with Gasteiger partial charge in [0, 0.05) is 18.5 Å². The van der Waals surface area contributed by atoms with Gasteiger partial charge in [0.05, 0.1) is 20.6 Å². The van der Waals surface area contributed by atoms with Gasteiger partial charge in [-0.3, -0.25) is 0 Å². The van der Waals surface area contributed by atoms with Gasteiger partial charge in [0.15, 0.2) is 0 Å². The fourth-order valence-corrected chi connectivity index (χ4v) is 2.90. The summed E-state index contributed by atoms with van der Waals surface area (Å²) >= 11 is 18.5. The summed E-state index contributed by atoms with van der Waals surface area (Å²) in [7, 11) is 0. The van der Waals surface area contributed by atoms with Crippen molar-refractivity contribution >= 4 is 51.5 Å². The fourth-order valence-electron chi connectivity index (χ4n) is 2.29. The average Bonchev–Trinajstić information content (AvgIpc) is 2.88. The first kappa shape index (κ1) is 12.3. The second-order valence-electron chi connectivity index (χ2n) is 4.41. The van der Waals surface area contributed by atoms with Gasteiger partial charge in [0.2, 0.25) is 0 Å². The van der Waals surface area contributed by atoms with Gasteiger partial charge in [0.1, 0.15) is 5.82 Å². The zero-order valence-corrected chi connectivity index (χ0v) is 11.9. The lowest BCUT2D eigenvalue weighted by atomic mass is 10.2. The van der Waals surface area contributed by atoms with Gasteiger partial charge in [-0.1, -0.05) is 34.8 Å². The second-order valence-corrected chi connectivity index (χ2v) is 5.61. The quantitative estimate of drug-likeness (QED) is 0.752. The number of pyridine rings is 1. The van der Waals surface area contributed by atoms with E-state index >= 15 is 0 Å². The van der Waals surface area contributed by atoms with Crippen molar-refractivity contribution in [3.8, 4) is 0 Å². The predicted octanol–water partition coefficient (Wildman–Crippen LogP) is 4.80. The van der Waals surface area contributed by atoms with Crippen LogP contribution < -0.4 is 4.90 Å². The molecule has 2 heterocycles. The maximum atomic E-state index is 6.30. The van der Waals surface area contributed by atoms with Gasteiger partial charge < -0.3 is 4.90 Å². The molecule has 94 valence electrons. The molecular weight excluding hydrogens is 291 g/mol. The molecule has 1 aliphatic heterocycles. The number of fused-ring (bicyclic) bond motifs is 1. The first-order chi connectivity index (χ1) is 8.66. The van der Waals surface area contributed by atoms with Crippen LogP contribution in [0.3, 0.4) is 0 Å². The molecule has 1 aromatic heterocycles. The fraction of sp³-hybridized carbons (Fsp3) is 0.308. The minimum absolute atomic E-state index is 0.470. The summed E-state index contributed by atoms with van der Waals surface area (Å²) in [5.74, 6) is 0.883. The SMILES string of the molecule is Clc1ccc2c(Cl)cc(N3CCCC3)nc2c1Cl. The Balaban J connectivity index is 2.21. The van der Waals surface area contributed by atoms with Crippen molar-refractivity contribution in [1.29, 1.82) is 0 Å². The van der Waals surface area contributed by atoms with Crippen LogP contribution in [0, 0.1) is 0 Å². The lowest BCUT2D eigenvalue weighted by molar-refractivity contribution is 0.944. The molecule has 2 nitrogen and oxygen atoms in total. The van der Waals surface area contributed by atoms with Crippen LogP contribution in [0.1, 0.15) is 12.8 Å². The molecule has 3 rings (SSSR count). The number of aromatic nitrogens is 1. The van der Waals surface area contributed by atoms with Crippen LogP contribution in [0.4, 0.5) is 5.82 Å². The van der Waals surface area contributed by atoms with E-state index in [9.17, 15) is 0 Å². The molecule has 2 aromatic rings. The van der Waals surface area contributed by atoms with Crippen molar-refractivity contribution in [1.82, 2.24) is 4.98 Å². The lowest BCUT2D eigenvalue weighted by Gasteiger charge is -2.17. The summed E-state index contributed by atoms with van der Waals surface area (Å²) in [5, 5.41) is 2.48. The highest BCUT2D eigenvalue weighted by molar-refractivity contribution is 6.46. The number of hydrogen-bond donors (Lipinski definition) is 0. The first-order valence-electron chi connectivity index (χ1n) is 5.86. The molecule has 0 amide bonds. The highest BCUT2D eigenvalue weighted by Gasteiger charge is 2.17. The Morgan fingerprint density at radius 3 is 2.44 bits per heavy atom. The number of rotatable bonds is 1. The summed E-state index contributed by atoms with van der Waals surface area (Å²) in [6.45, 7) is 2.04. The molecule has 0 bridgehead atoms. The molecule has 0 radical (unpaired) electrons. The normalized spacial score (nSPS) is 15.6. The number of benzene rings is 1. The first-order valence-corrected chi connectivity index (χ1v) is 6.99. The highest BCUT2D eigenvalue weighted by Crippen LogP contribution is 2.35. The van der Waals surface area contributed by atoms with E-state index in [2.05, 4.69) is 9.88 Å². The molecule has 1 saturated heterocycles. The minimum Gasteiger partial charge on any atom is -0.357 e. The Morgan fingerprint density at radius 1 is 1.00 bits per heavy atom. The van der Waals surface area contributed by atoms with Crippen molar-refractivity contribution in [3.05, 3.63) is 33.3 Å². The molecule has 1 fully saturated rings. The van der Waals surface area contributed by atoms with Crippen LogP contribution >= 0.6 is 34.8 Å². The van der Waals surface area contributed by atoms with Gasteiger partial charge in [-0.2, -0.15) is 0 Å². The van der Waals surface area contributed by atoms with Crippen LogP contribution in [-0.2, 0) is 0 Å². The van der Waals surface area contributed by atoms with Crippen molar-refractivity contribution < 1.29 is 0 Å². The molecule has 0 spiro atoms. The summed E-state index contributed by atoms with van der Waals surface area (Å²) in [6.07, 6.45) is 2.39. The summed E-state index contributed by atoms with van der Waals surface area (Å²) in [6, 6.07) is 5.50. The minimum atomic E-state index is 0.470. The zero-order valence-electron chi connectivity index (χ0n) is 9.59. The van der Waals surface area contributed by atoms with E-state index in [-0.39, 0.29) is 0 Å². The van der Waals surface area contributed by atoms with E-state index in [4.69, 9.17) is 34.8 Å². The van der Waals surface area contributed by atoms with Crippen LogP contribution in [0.25, 0.3) is 10.9 Å². The van der Waals surface area contributed by atoms with Crippen molar-refractivity contribution in [2.45, 2.75) is 12.8 Å². The number of anilines is 1. The summed E-state index contributed by atoms with van der Waals surface area (Å²) in [4.78, 5) is 6.83. The number of nitrogens with zero attached hydrogens (tertiary/aromatic N) is 2. The Morgan fingerprint density at radius 2 is 1.72 bits per heavy atom. The lowest BCUT2D eigenvalue weighted by Crippen LogP contribution is -2.18. The Hall–Kier alpha value is -0.700. The average molecular weight is 302 g/mol. The smallest absolute Gasteiger partial charge is 0.130 e. The molecule has 1 aliphatic rings. The van der Waals surface area contributed by atoms with E-state index in [0.29, 0.717) is 20.6 Å². The summed E-state index contributed by atoms with van der Waals surface area (Å²) < 4.78 is 0. The third-order valence-electron chi connectivity index (χ3n) is 3.24. The van der Waals surface area contributed by atoms with Crippen LogP contribution in [0.2, 0.25) is 15.1 Å². The third-order valence-corrected chi connectivity index (χ3v) is 4.35. The topological polar surface area (TPSA) is 16.1 Å². The van der Waals surface area contributed by atoms with Crippen LogP contribution in [0.15, 0.2) is 18.2 Å². The molecule has 0 saturated carbocycles. The molecule has 18 heavy (non-hydrogen) atoms. The Bertz CT molecular complexity index is 607. The molecular formula is C13H11Cl3N2. The number of halogens is 3. The van der Waals surface area contributed by atoms with Gasteiger partial charge in [-0.05, 0) is 31.0 Å². The maximum absolute atomic E-state index is 6.30. The Labute approximate surface area is 120 Å². The summed E-state index contributed by atoms with van der Waals surface area (Å²) in [5.41, 5.74) is 0.679. The van der Waals surface area contributed by atoms with E-state index in [1.165, 1.54) is 12.8 Å². The van der Waals surface area contributed by atoms with Crippen molar-refractivity contribution in [3.63, 3.8) is 0 Å². The highest BCUT2D eigenvalue weighted by atomic mass is 35.5. The van der Waals surface area contributed by atoms with E-state index in [0.717, 1.165) is 24.3 Å². The van der Waals surface area contributed by atoms with Gasteiger partial charge in [-0.25, -0.2) is 4.98 Å². The van der Waals surface area contributed by atoms with E-state index < -0.39 is 0 Å². The van der Waals surface area contributed by atoms with Crippen LogP contribution in [-0.4, -0.2) is 18.1 Å². The third kappa shape index (κ3) is 2.03. The van der Waals surface area contributed by atoms with Crippen LogP contribution in [0.5, 0.6) is 0 Å². The van der Waals surface area contributed by atoms with E-state index in [1.54, 1.807) is 6.07 Å². The van der Waals surface area contributed by atoms with Gasteiger partial charge >= 0.3 is 0 Å². The number of hydrogen-bond acceptors (Lipinski definition) is 2. The molecule has 0 unspecified atom stereocenters. The van der Waals surface area contributed by atoms with Gasteiger partial charge in [-0.15, -0.1) is 0 Å². The largest absolute Gasteiger partial charge is 0.357 e. The van der Waals surface area contributed by atoms with Crippen molar-refractivity contribution in [2.24, 2.45) is 0 Å². The molecule has 0 atom stereocenters. The predicted molar refractivity (Wildman–Crippen MR) is 78.2 cm³/mol. The molecule has 1 aromatic carbocycles. The van der Waals surface area contributed by atoms with Gasteiger partial charge in [0.25, 0.3) is 0 Å². The molecule has 5 heteroatoms. The van der Waals surface area contributed by atoms with Crippen molar-refractivity contribution in [2.75, 3.05) is 18.0 Å². The second kappa shape index (κ2) is 4.76. The molecule has 0 N–H and O–H groups in total. The molecule has 0 aliphatic carbocycles. The van der Waals surface area contributed by atoms with E-state index in [1.807, 2.05) is 12.1 Å². The Kier molecular flexibility index (Phi) is 3.27. The monoisotopic (exact) mass is 300 g/mol. The standard InChI is InChI=1S/C13H11Cl3N2/c14-9-4-3-8-10(15)7-11(17-13(8)12(9)16)18-5-1-2-6-18/h3-4,7H,1-2,5-6H2. The maximum Gasteiger partial charge on any atom is 0.130 e.